The average Bonchev–Trinajstić information content (AvgIpc) is 2.94. The number of hydrogen-bond acceptors (Lipinski definition) is 3. The summed E-state index contributed by atoms with van der Waals surface area (Å²) in [5, 5.41) is 3.54. The van der Waals surface area contributed by atoms with Gasteiger partial charge in [-0.15, -0.1) is 24.0 Å². The van der Waals surface area contributed by atoms with Crippen molar-refractivity contribution in [3.63, 3.8) is 0 Å². The molecule has 5 nitrogen and oxygen atoms in total. The van der Waals surface area contributed by atoms with E-state index < -0.39 is 0 Å². The first-order valence-electron chi connectivity index (χ1n) is 6.65. The van der Waals surface area contributed by atoms with Crippen LogP contribution < -0.4 is 5.32 Å². The van der Waals surface area contributed by atoms with Crippen molar-refractivity contribution in [1.29, 1.82) is 0 Å². The van der Waals surface area contributed by atoms with Crippen LogP contribution in [0.15, 0.2) is 4.99 Å². The molecule has 0 aromatic rings. The summed E-state index contributed by atoms with van der Waals surface area (Å²) >= 11 is 0. The van der Waals surface area contributed by atoms with Crippen LogP contribution in [0.1, 0.15) is 20.3 Å². The lowest BCUT2D eigenvalue weighted by molar-refractivity contribution is -0.0447. The van der Waals surface area contributed by atoms with Crippen molar-refractivity contribution >= 4 is 29.9 Å². The van der Waals surface area contributed by atoms with Gasteiger partial charge in [-0.05, 0) is 11.8 Å². The maximum atomic E-state index is 5.66. The van der Waals surface area contributed by atoms with E-state index in [1.165, 1.54) is 6.42 Å². The highest BCUT2D eigenvalue weighted by molar-refractivity contribution is 14.0. The quantitative estimate of drug-likeness (QED) is 0.454. The molecule has 1 heterocycles. The predicted molar refractivity (Wildman–Crippen MR) is 87.3 cm³/mol. The fourth-order valence-corrected chi connectivity index (χ4v) is 2.37. The Morgan fingerprint density at radius 2 is 2.21 bits per heavy atom. The van der Waals surface area contributed by atoms with Crippen LogP contribution in [0.5, 0.6) is 0 Å². The Labute approximate surface area is 133 Å². The number of nitrogens with zero attached hydrogens (tertiary/aromatic N) is 2. The Kier molecular flexibility index (Phi) is 6.32. The summed E-state index contributed by atoms with van der Waals surface area (Å²) in [6, 6.07) is 0.555. The lowest BCUT2D eigenvalue weighted by Gasteiger charge is -2.35. The Bertz CT molecular complexity index is 321. The molecule has 19 heavy (non-hydrogen) atoms. The molecule has 0 radical (unpaired) electrons. The molecule has 2 unspecified atom stereocenters. The van der Waals surface area contributed by atoms with Gasteiger partial charge in [0.2, 0.25) is 0 Å². The van der Waals surface area contributed by atoms with Crippen molar-refractivity contribution in [2.75, 3.05) is 40.5 Å². The molecular formula is C13H26IN3O2. The first kappa shape index (κ1) is 17.0. The van der Waals surface area contributed by atoms with Crippen LogP contribution >= 0.6 is 24.0 Å². The van der Waals surface area contributed by atoms with Crippen LogP contribution in [0, 0.1) is 5.41 Å². The number of hydrogen-bond donors (Lipinski definition) is 1. The lowest BCUT2D eigenvalue weighted by atomic mass is 10.2. The summed E-state index contributed by atoms with van der Waals surface area (Å²) in [5.74, 6) is 0.995. The number of nitrogens with one attached hydrogen (secondary N) is 1. The molecule has 2 aliphatic rings. The third-order valence-corrected chi connectivity index (χ3v) is 3.82. The van der Waals surface area contributed by atoms with E-state index in [0.717, 1.165) is 25.7 Å². The van der Waals surface area contributed by atoms with Crippen LogP contribution in [0.25, 0.3) is 0 Å². The minimum absolute atomic E-state index is 0. The van der Waals surface area contributed by atoms with Crippen molar-refractivity contribution in [1.82, 2.24) is 10.2 Å². The molecular weight excluding hydrogens is 357 g/mol. The van der Waals surface area contributed by atoms with E-state index in [1.807, 2.05) is 7.05 Å². The largest absolute Gasteiger partial charge is 0.382 e. The van der Waals surface area contributed by atoms with E-state index >= 15 is 0 Å². The van der Waals surface area contributed by atoms with Gasteiger partial charge in [0.25, 0.3) is 0 Å². The summed E-state index contributed by atoms with van der Waals surface area (Å²) in [6.45, 7) is 7.69. The molecule has 2 rings (SSSR count). The fourth-order valence-electron chi connectivity index (χ4n) is 2.37. The molecule has 0 aromatic carbocycles. The second-order valence-corrected chi connectivity index (χ2v) is 5.83. The standard InChI is InChI=1S/C13H25N3O2.HI/c1-13(2)7-11(13)15-12(14-3)16-5-6-18-10(8-16)9-17-4;/h10-11H,5-9H2,1-4H3,(H,14,15);1H. The van der Waals surface area contributed by atoms with Gasteiger partial charge in [-0.1, -0.05) is 13.8 Å². The minimum Gasteiger partial charge on any atom is -0.382 e. The van der Waals surface area contributed by atoms with Crippen LogP contribution in [0.4, 0.5) is 0 Å². The average molecular weight is 383 g/mol. The van der Waals surface area contributed by atoms with E-state index in [0.29, 0.717) is 18.1 Å². The third kappa shape index (κ3) is 4.46. The van der Waals surface area contributed by atoms with Crippen molar-refractivity contribution in [2.45, 2.75) is 32.4 Å². The lowest BCUT2D eigenvalue weighted by Crippen LogP contribution is -2.52. The van der Waals surface area contributed by atoms with Crippen LogP contribution in [-0.2, 0) is 9.47 Å². The highest BCUT2D eigenvalue weighted by Crippen LogP contribution is 2.44. The Morgan fingerprint density at radius 1 is 1.53 bits per heavy atom. The van der Waals surface area contributed by atoms with E-state index in [-0.39, 0.29) is 30.1 Å². The number of morpholine rings is 1. The number of methoxy groups -OCH3 is 1. The van der Waals surface area contributed by atoms with E-state index in [2.05, 4.69) is 29.1 Å². The fraction of sp³-hybridized carbons (Fsp3) is 0.923. The summed E-state index contributed by atoms with van der Waals surface area (Å²) in [4.78, 5) is 6.65. The molecule has 112 valence electrons. The molecule has 1 N–H and O–H groups in total. The monoisotopic (exact) mass is 383 g/mol. The van der Waals surface area contributed by atoms with Gasteiger partial charge in [-0.2, -0.15) is 0 Å². The van der Waals surface area contributed by atoms with Crippen LogP contribution in [0.3, 0.4) is 0 Å². The number of halogens is 1. The van der Waals surface area contributed by atoms with Crippen LogP contribution in [0.2, 0.25) is 0 Å². The van der Waals surface area contributed by atoms with Gasteiger partial charge >= 0.3 is 0 Å². The number of aliphatic imine (C=N–C) groups is 1. The topological polar surface area (TPSA) is 46.1 Å². The Hall–Kier alpha value is -0.0800. The zero-order valence-corrected chi connectivity index (χ0v) is 14.6. The summed E-state index contributed by atoms with van der Waals surface area (Å²) in [6.07, 6.45) is 1.37. The molecule has 2 atom stereocenters. The van der Waals surface area contributed by atoms with E-state index in [9.17, 15) is 0 Å². The van der Waals surface area contributed by atoms with Crippen LogP contribution in [-0.4, -0.2) is 63.5 Å². The molecule has 1 saturated heterocycles. The van der Waals surface area contributed by atoms with Crippen molar-refractivity contribution < 1.29 is 9.47 Å². The number of guanidine groups is 1. The van der Waals surface area contributed by atoms with Gasteiger partial charge in [0, 0.05) is 33.3 Å². The van der Waals surface area contributed by atoms with Crippen molar-refractivity contribution in [3.8, 4) is 0 Å². The zero-order valence-electron chi connectivity index (χ0n) is 12.3. The SMILES string of the molecule is CN=C(NC1CC1(C)C)N1CCOC(COC)C1.I. The van der Waals surface area contributed by atoms with Gasteiger partial charge in [0.15, 0.2) is 5.96 Å². The molecule has 0 aromatic heterocycles. The van der Waals surface area contributed by atoms with Gasteiger partial charge in [-0.25, -0.2) is 0 Å². The second kappa shape index (κ2) is 7.08. The number of ether oxygens (including phenoxy) is 2. The van der Waals surface area contributed by atoms with Gasteiger partial charge in [0.05, 0.1) is 19.3 Å². The van der Waals surface area contributed by atoms with E-state index in [4.69, 9.17) is 9.47 Å². The van der Waals surface area contributed by atoms with Gasteiger partial charge in [-0.3, -0.25) is 4.99 Å². The normalized spacial score (nSPS) is 29.7. The van der Waals surface area contributed by atoms with Crippen molar-refractivity contribution in [3.05, 3.63) is 0 Å². The highest BCUT2D eigenvalue weighted by Gasteiger charge is 2.46. The summed E-state index contributed by atoms with van der Waals surface area (Å²) < 4.78 is 10.8. The molecule has 6 heteroatoms. The Morgan fingerprint density at radius 3 is 2.74 bits per heavy atom. The maximum absolute atomic E-state index is 5.66. The first-order valence-corrected chi connectivity index (χ1v) is 6.65. The molecule has 1 aliphatic carbocycles. The minimum atomic E-state index is 0. The first-order chi connectivity index (χ1) is 8.56. The highest BCUT2D eigenvalue weighted by atomic mass is 127. The molecule has 1 aliphatic heterocycles. The van der Waals surface area contributed by atoms with Gasteiger partial charge in [0.1, 0.15) is 0 Å². The van der Waals surface area contributed by atoms with Gasteiger partial charge < -0.3 is 19.7 Å². The Balaban J connectivity index is 0.00000180. The third-order valence-electron chi connectivity index (χ3n) is 3.82. The molecule has 2 fully saturated rings. The zero-order chi connectivity index (χ0) is 13.2. The second-order valence-electron chi connectivity index (χ2n) is 5.83. The molecule has 0 bridgehead atoms. The predicted octanol–water partition coefficient (Wildman–Crippen LogP) is 1.33. The van der Waals surface area contributed by atoms with Crippen molar-refractivity contribution in [2.24, 2.45) is 10.4 Å². The smallest absolute Gasteiger partial charge is 0.194 e. The van der Waals surface area contributed by atoms with E-state index in [1.54, 1.807) is 7.11 Å². The summed E-state index contributed by atoms with van der Waals surface area (Å²) in [5.41, 5.74) is 0.411. The molecule has 1 saturated carbocycles. The number of rotatable bonds is 3. The maximum Gasteiger partial charge on any atom is 0.194 e. The summed E-state index contributed by atoms with van der Waals surface area (Å²) in [7, 11) is 3.56. The molecule has 0 spiro atoms. The molecule has 0 amide bonds.